The summed E-state index contributed by atoms with van der Waals surface area (Å²) in [5, 5.41) is 4.10. The van der Waals surface area contributed by atoms with E-state index in [-0.39, 0.29) is 6.29 Å². The Hall–Kier alpha value is -1.47. The largest absolute Gasteiger partial charge is 0.395 e. The summed E-state index contributed by atoms with van der Waals surface area (Å²) in [6.45, 7) is 4.24. The molecule has 0 radical (unpaired) electrons. The van der Waals surface area contributed by atoms with Gasteiger partial charge in [0, 0.05) is 0 Å². The van der Waals surface area contributed by atoms with E-state index in [0.29, 0.717) is 0 Å². The molecule has 0 aliphatic carbocycles. The third-order valence-electron chi connectivity index (χ3n) is 4.77. The van der Waals surface area contributed by atoms with E-state index in [1.165, 1.54) is 22.0 Å². The van der Waals surface area contributed by atoms with Gasteiger partial charge in [-0.2, -0.15) is 0 Å². The maximum atomic E-state index is 6.77. The smallest absolute Gasteiger partial charge is 0.259 e. The number of benzene rings is 2. The van der Waals surface area contributed by atoms with Crippen LogP contribution in [0.5, 0.6) is 0 Å². The second kappa shape index (κ2) is 8.07. The molecule has 2 aromatic carbocycles. The molecule has 1 aliphatic heterocycles. The fraction of sp³-hybridized carbons (Fsp3) is 0.300. The molecule has 1 atom stereocenters. The Kier molecular flexibility index (Phi) is 5.84. The van der Waals surface area contributed by atoms with Gasteiger partial charge in [-0.3, -0.25) is 0 Å². The zero-order valence-corrected chi connectivity index (χ0v) is 17.0. The Labute approximate surface area is 148 Å². The van der Waals surface area contributed by atoms with Gasteiger partial charge in [0.05, 0.1) is 0 Å². The number of allylic oxidation sites excluding steroid dienone is 2. The summed E-state index contributed by atoms with van der Waals surface area (Å²) in [4.78, 5) is 0. The zero-order chi connectivity index (χ0) is 16.8. The Morgan fingerprint density at radius 2 is 1.67 bits per heavy atom. The fourth-order valence-corrected chi connectivity index (χ4v) is 8.38. The van der Waals surface area contributed by atoms with Crippen molar-refractivity contribution in [2.75, 3.05) is 0 Å². The SMILES string of the molecule is CC=C(C)[SiH2]OC1CCC[Si](c2ccccc2)(c2ccccc2)O1. The highest BCUT2D eigenvalue weighted by atomic mass is 28.4. The Morgan fingerprint density at radius 3 is 2.21 bits per heavy atom. The van der Waals surface area contributed by atoms with E-state index in [1.807, 2.05) is 0 Å². The van der Waals surface area contributed by atoms with Crippen molar-refractivity contribution in [3.05, 3.63) is 71.9 Å². The van der Waals surface area contributed by atoms with E-state index in [2.05, 4.69) is 80.6 Å². The molecule has 3 rings (SSSR count). The highest BCUT2D eigenvalue weighted by Gasteiger charge is 2.44. The van der Waals surface area contributed by atoms with Gasteiger partial charge in [0.2, 0.25) is 0 Å². The van der Waals surface area contributed by atoms with Gasteiger partial charge in [-0.15, -0.1) is 0 Å². The van der Waals surface area contributed by atoms with Crippen molar-refractivity contribution in [3.63, 3.8) is 0 Å². The molecule has 0 saturated carbocycles. The van der Waals surface area contributed by atoms with E-state index >= 15 is 0 Å². The molecule has 0 amide bonds. The van der Waals surface area contributed by atoms with Crippen LogP contribution in [-0.4, -0.2) is 24.4 Å². The number of rotatable bonds is 5. The van der Waals surface area contributed by atoms with Crippen molar-refractivity contribution >= 4 is 28.5 Å². The molecule has 0 bridgehead atoms. The second-order valence-corrected chi connectivity index (χ2v) is 11.7. The lowest BCUT2D eigenvalue weighted by atomic mass is 10.3. The molecule has 1 fully saturated rings. The maximum Gasteiger partial charge on any atom is 0.259 e. The van der Waals surface area contributed by atoms with Gasteiger partial charge >= 0.3 is 0 Å². The lowest BCUT2D eigenvalue weighted by Gasteiger charge is -2.40. The third-order valence-corrected chi connectivity index (χ3v) is 10.4. The van der Waals surface area contributed by atoms with Crippen LogP contribution in [0, 0.1) is 0 Å². The molecule has 126 valence electrons. The van der Waals surface area contributed by atoms with Crippen LogP contribution in [0.3, 0.4) is 0 Å². The van der Waals surface area contributed by atoms with Gasteiger partial charge in [-0.05, 0) is 43.1 Å². The molecule has 24 heavy (non-hydrogen) atoms. The topological polar surface area (TPSA) is 18.5 Å². The molecule has 0 N–H and O–H groups in total. The van der Waals surface area contributed by atoms with Crippen LogP contribution < -0.4 is 10.4 Å². The molecular weight excluding hydrogens is 328 g/mol. The van der Waals surface area contributed by atoms with Gasteiger partial charge in [0.1, 0.15) is 6.29 Å². The first-order chi connectivity index (χ1) is 11.7. The van der Waals surface area contributed by atoms with Crippen molar-refractivity contribution in [2.24, 2.45) is 0 Å². The average Bonchev–Trinajstić information content (AvgIpc) is 2.67. The summed E-state index contributed by atoms with van der Waals surface area (Å²) in [6.07, 6.45) is 4.30. The maximum absolute atomic E-state index is 6.77. The first kappa shape index (κ1) is 17.4. The molecule has 1 saturated heterocycles. The quantitative estimate of drug-likeness (QED) is 0.769. The van der Waals surface area contributed by atoms with E-state index in [1.54, 1.807) is 0 Å². The van der Waals surface area contributed by atoms with Crippen LogP contribution in [0.4, 0.5) is 0 Å². The van der Waals surface area contributed by atoms with Crippen LogP contribution in [0.15, 0.2) is 71.9 Å². The van der Waals surface area contributed by atoms with E-state index < -0.39 is 18.1 Å². The van der Waals surface area contributed by atoms with Gasteiger partial charge in [0.25, 0.3) is 8.32 Å². The average molecular weight is 355 g/mol. The molecule has 0 aromatic heterocycles. The molecular formula is C20H26O2Si2. The minimum Gasteiger partial charge on any atom is -0.395 e. The van der Waals surface area contributed by atoms with E-state index in [0.717, 1.165) is 12.5 Å². The summed E-state index contributed by atoms with van der Waals surface area (Å²) in [7, 11) is -2.86. The van der Waals surface area contributed by atoms with Gasteiger partial charge in [0.15, 0.2) is 9.76 Å². The van der Waals surface area contributed by atoms with Crippen LogP contribution in [0.2, 0.25) is 6.04 Å². The predicted molar refractivity (Wildman–Crippen MR) is 106 cm³/mol. The predicted octanol–water partition coefficient (Wildman–Crippen LogP) is 2.91. The van der Waals surface area contributed by atoms with Crippen LogP contribution in [0.1, 0.15) is 26.7 Å². The van der Waals surface area contributed by atoms with Crippen molar-refractivity contribution in [1.82, 2.24) is 0 Å². The highest BCUT2D eigenvalue weighted by Crippen LogP contribution is 2.27. The summed E-state index contributed by atoms with van der Waals surface area (Å²) >= 11 is 0. The van der Waals surface area contributed by atoms with Crippen LogP contribution >= 0.6 is 0 Å². The second-order valence-electron chi connectivity index (χ2n) is 6.44. The number of hydrogen-bond donors (Lipinski definition) is 0. The first-order valence-corrected chi connectivity index (χ1v) is 12.2. The minimum atomic E-state index is -2.20. The van der Waals surface area contributed by atoms with Crippen molar-refractivity contribution in [1.29, 1.82) is 0 Å². The molecule has 2 nitrogen and oxygen atoms in total. The molecule has 0 spiro atoms. The van der Waals surface area contributed by atoms with Gasteiger partial charge in [-0.1, -0.05) is 71.9 Å². The Balaban J connectivity index is 1.91. The third kappa shape index (κ3) is 3.78. The number of hydrogen-bond acceptors (Lipinski definition) is 2. The summed E-state index contributed by atoms with van der Waals surface area (Å²) < 4.78 is 13.0. The first-order valence-electron chi connectivity index (χ1n) is 8.77. The lowest BCUT2D eigenvalue weighted by molar-refractivity contribution is -0.0131. The van der Waals surface area contributed by atoms with Gasteiger partial charge < -0.3 is 8.85 Å². The standard InChI is InChI=1S/C20H26O2Si2/c1-3-17(2)23-21-20-15-10-16-24(22-20,18-11-6-4-7-12-18)19-13-8-5-9-14-19/h3-9,11-14,20H,10,15-16,23H2,1-2H3. The van der Waals surface area contributed by atoms with Crippen molar-refractivity contribution in [3.8, 4) is 0 Å². The summed E-state index contributed by atoms with van der Waals surface area (Å²) in [5.41, 5.74) is 0. The normalized spacial score (nSPS) is 21.2. The fourth-order valence-electron chi connectivity index (χ4n) is 3.29. The highest BCUT2D eigenvalue weighted by molar-refractivity contribution is 6.97. The van der Waals surface area contributed by atoms with Crippen LogP contribution in [-0.2, 0) is 8.85 Å². The summed E-state index contributed by atoms with van der Waals surface area (Å²) in [5.74, 6) is 0. The van der Waals surface area contributed by atoms with E-state index in [9.17, 15) is 0 Å². The minimum absolute atomic E-state index is 0.0487. The molecule has 4 heteroatoms. The summed E-state index contributed by atoms with van der Waals surface area (Å²) in [6, 6.07) is 22.7. The van der Waals surface area contributed by atoms with Gasteiger partial charge in [-0.25, -0.2) is 0 Å². The van der Waals surface area contributed by atoms with Crippen molar-refractivity contribution in [2.45, 2.75) is 39.0 Å². The van der Waals surface area contributed by atoms with Crippen molar-refractivity contribution < 1.29 is 8.85 Å². The monoisotopic (exact) mass is 354 g/mol. The zero-order valence-electron chi connectivity index (χ0n) is 14.6. The Morgan fingerprint density at radius 1 is 1.08 bits per heavy atom. The molecule has 1 unspecified atom stereocenters. The van der Waals surface area contributed by atoms with Crippen LogP contribution in [0.25, 0.3) is 0 Å². The Bertz CT molecular complexity index is 631. The van der Waals surface area contributed by atoms with E-state index in [4.69, 9.17) is 8.85 Å². The molecule has 1 aliphatic rings. The molecule has 1 heterocycles. The lowest BCUT2D eigenvalue weighted by Crippen LogP contribution is -2.64. The molecule has 2 aromatic rings.